The van der Waals surface area contributed by atoms with Crippen molar-refractivity contribution in [3.05, 3.63) is 12.2 Å². The van der Waals surface area contributed by atoms with Crippen LogP contribution in [0.5, 0.6) is 0 Å². The Morgan fingerprint density at radius 2 is 0.685 bits per heavy atom. The van der Waals surface area contributed by atoms with E-state index >= 15 is 0 Å². The van der Waals surface area contributed by atoms with Gasteiger partial charge < -0.3 is 89.9 Å². The number of nitrogens with one attached hydrogen (secondary N) is 1. The molecule has 0 radical (unpaired) electrons. The van der Waals surface area contributed by atoms with Crippen molar-refractivity contribution in [2.24, 2.45) is 0 Å². The molecule has 19 nitrogen and oxygen atoms in total. The zero-order valence-electron chi connectivity index (χ0n) is 57.8. The molecule has 0 aromatic carbocycles. The number of unbranched alkanes of at least 4 members (excludes halogenated alkanes) is 42. The van der Waals surface area contributed by atoms with Gasteiger partial charge in [0.2, 0.25) is 5.91 Å². The monoisotopic (exact) mass is 1320 g/mol. The second-order valence-electron chi connectivity index (χ2n) is 27.5. The predicted molar refractivity (Wildman–Crippen MR) is 360 cm³/mol. The summed E-state index contributed by atoms with van der Waals surface area (Å²) in [6, 6.07) is -0.886. The van der Waals surface area contributed by atoms with Crippen LogP contribution < -0.4 is 5.32 Å². The normalized spacial score (nSPS) is 27.7. The maximum Gasteiger partial charge on any atom is 0.220 e. The number of allylic oxidation sites excluding steroid dienone is 2. The fraction of sp³-hybridized carbons (Fsp3) is 0.959. The van der Waals surface area contributed by atoms with Gasteiger partial charge >= 0.3 is 0 Å². The molecule has 19 heteroatoms. The van der Waals surface area contributed by atoms with E-state index in [-0.39, 0.29) is 18.9 Å². The lowest BCUT2D eigenvalue weighted by Crippen LogP contribution is -2.66. The van der Waals surface area contributed by atoms with Gasteiger partial charge in [-0.2, -0.15) is 0 Å². The summed E-state index contributed by atoms with van der Waals surface area (Å²) in [7, 11) is 0. The van der Waals surface area contributed by atoms with E-state index in [1.54, 1.807) is 0 Å². The van der Waals surface area contributed by atoms with Crippen molar-refractivity contribution in [2.45, 2.75) is 420 Å². The summed E-state index contributed by atoms with van der Waals surface area (Å²) in [5.74, 6) is -0.238. The van der Waals surface area contributed by atoms with Crippen LogP contribution in [-0.2, 0) is 33.2 Å². The maximum absolute atomic E-state index is 13.5. The SMILES string of the molecule is CCCCCCCCCC/C=C\CCCCCCCCCCCCCC(=O)NC(COC1OC(CO)C(OC2OC(CO)C(OC3OC(CO)C(O)C(O)C3O)C(O)C2O)C(O)C1O)C(O)CCCCCCCCCCCCCCCCCCCCCCCCCC. The third-order valence-corrected chi connectivity index (χ3v) is 19.3. The van der Waals surface area contributed by atoms with Crippen LogP contribution in [0.3, 0.4) is 0 Å². The van der Waals surface area contributed by atoms with Crippen LogP contribution in [0, 0.1) is 0 Å². The summed E-state index contributed by atoms with van der Waals surface area (Å²) in [5, 5.41) is 121. The number of hydrogen-bond acceptors (Lipinski definition) is 18. The molecule has 0 aromatic rings. The van der Waals surface area contributed by atoms with Gasteiger partial charge in [-0.1, -0.05) is 283 Å². The quantitative estimate of drug-likeness (QED) is 0.0199. The Bertz CT molecular complexity index is 1720. The average Bonchev–Trinajstić information content (AvgIpc) is 0.838. The minimum absolute atomic E-state index is 0.238. The number of aliphatic hydroxyl groups excluding tert-OH is 11. The van der Waals surface area contributed by atoms with Gasteiger partial charge in [-0.3, -0.25) is 4.79 Å². The van der Waals surface area contributed by atoms with Crippen LogP contribution in [0.2, 0.25) is 0 Å². The Labute approximate surface area is 556 Å². The molecule has 0 aliphatic carbocycles. The Morgan fingerprint density at radius 1 is 0.380 bits per heavy atom. The predicted octanol–water partition coefficient (Wildman–Crippen LogP) is 11.2. The van der Waals surface area contributed by atoms with Gasteiger partial charge in [-0.15, -0.1) is 0 Å². The second kappa shape index (κ2) is 55.4. The van der Waals surface area contributed by atoms with E-state index in [4.69, 9.17) is 28.4 Å². The summed E-state index contributed by atoms with van der Waals surface area (Å²) in [6.07, 6.45) is 35.7. The molecule has 17 unspecified atom stereocenters. The summed E-state index contributed by atoms with van der Waals surface area (Å²) >= 11 is 0. The number of hydrogen-bond donors (Lipinski definition) is 12. The highest BCUT2D eigenvalue weighted by atomic mass is 16.8. The molecule has 0 bridgehead atoms. The van der Waals surface area contributed by atoms with E-state index in [0.717, 1.165) is 44.9 Å². The van der Waals surface area contributed by atoms with E-state index in [1.807, 2.05) is 0 Å². The summed E-state index contributed by atoms with van der Waals surface area (Å²) in [6.45, 7) is 1.85. The Hall–Kier alpha value is -1.47. The number of ether oxygens (including phenoxy) is 6. The molecule has 3 heterocycles. The lowest BCUT2D eigenvalue weighted by atomic mass is 9.96. The fourth-order valence-corrected chi connectivity index (χ4v) is 13.2. The molecule has 3 aliphatic heterocycles. The molecular formula is C73H139NO18. The maximum atomic E-state index is 13.5. The first-order valence-electron chi connectivity index (χ1n) is 37.9. The van der Waals surface area contributed by atoms with Gasteiger partial charge in [0.05, 0.1) is 38.6 Å². The highest BCUT2D eigenvalue weighted by Gasteiger charge is 2.53. The minimum atomic E-state index is -1.97. The van der Waals surface area contributed by atoms with E-state index in [2.05, 4.69) is 31.3 Å². The molecule has 544 valence electrons. The third-order valence-electron chi connectivity index (χ3n) is 19.3. The van der Waals surface area contributed by atoms with Crippen LogP contribution >= 0.6 is 0 Å². The minimum Gasteiger partial charge on any atom is -0.394 e. The van der Waals surface area contributed by atoms with E-state index < -0.39 is 124 Å². The highest BCUT2D eigenvalue weighted by Crippen LogP contribution is 2.33. The lowest BCUT2D eigenvalue weighted by Gasteiger charge is -2.48. The van der Waals surface area contributed by atoms with Gasteiger partial charge in [0, 0.05) is 6.42 Å². The first kappa shape index (κ1) is 84.8. The number of aliphatic hydroxyl groups is 11. The molecule has 92 heavy (non-hydrogen) atoms. The van der Waals surface area contributed by atoms with Crippen molar-refractivity contribution in [3.8, 4) is 0 Å². The van der Waals surface area contributed by atoms with Gasteiger partial charge in [0.1, 0.15) is 73.2 Å². The number of amides is 1. The molecule has 17 atom stereocenters. The van der Waals surface area contributed by atoms with Gasteiger partial charge in [-0.25, -0.2) is 0 Å². The molecular weight excluding hydrogens is 1180 g/mol. The molecule has 0 saturated carbocycles. The van der Waals surface area contributed by atoms with Crippen molar-refractivity contribution in [1.82, 2.24) is 5.32 Å². The Balaban J connectivity index is 1.40. The first-order chi connectivity index (χ1) is 44.8. The van der Waals surface area contributed by atoms with E-state index in [0.29, 0.717) is 12.8 Å². The lowest BCUT2D eigenvalue weighted by molar-refractivity contribution is -0.379. The standard InChI is InChI=1S/C73H139NO18/c1-3-5-7-9-11-13-15-17-19-21-23-25-27-29-30-32-34-36-38-40-42-44-46-48-50-57(78)56(74-61(79)51-49-47-45-43-41-39-37-35-33-31-28-26-24-22-20-18-16-14-12-10-8-6-4-2)55-87-71-67(85)64(82)69(59(53-76)89-71)92-73-68(86)65(83)70(60(54-77)90-73)91-72-66(84)63(81)62(80)58(52-75)88-72/h22,24,56-60,62-73,75-78,80-86H,3-21,23,25-55H2,1-2H3,(H,74,79)/b24-22-. The molecule has 3 fully saturated rings. The van der Waals surface area contributed by atoms with Gasteiger partial charge in [0.15, 0.2) is 18.9 Å². The van der Waals surface area contributed by atoms with Crippen LogP contribution in [0.4, 0.5) is 0 Å². The van der Waals surface area contributed by atoms with Crippen LogP contribution in [-0.4, -0.2) is 193 Å². The molecule has 0 spiro atoms. The zero-order chi connectivity index (χ0) is 66.8. The van der Waals surface area contributed by atoms with Crippen molar-refractivity contribution >= 4 is 5.91 Å². The highest BCUT2D eigenvalue weighted by molar-refractivity contribution is 5.76. The number of carbonyl (C=O) groups excluding carboxylic acids is 1. The molecule has 3 saturated heterocycles. The zero-order valence-corrected chi connectivity index (χ0v) is 57.8. The number of rotatable bonds is 60. The van der Waals surface area contributed by atoms with Crippen LogP contribution in [0.1, 0.15) is 316 Å². The summed E-state index contributed by atoms with van der Waals surface area (Å²) < 4.78 is 34.5. The van der Waals surface area contributed by atoms with Gasteiger partial charge in [0.25, 0.3) is 0 Å². The first-order valence-corrected chi connectivity index (χ1v) is 37.9. The second-order valence-corrected chi connectivity index (χ2v) is 27.5. The summed E-state index contributed by atoms with van der Waals surface area (Å²) in [4.78, 5) is 13.5. The summed E-state index contributed by atoms with van der Waals surface area (Å²) in [5.41, 5.74) is 0. The Kier molecular flexibility index (Phi) is 51.0. The van der Waals surface area contributed by atoms with Crippen molar-refractivity contribution < 1.29 is 89.4 Å². The van der Waals surface area contributed by atoms with E-state index in [9.17, 15) is 61.0 Å². The third kappa shape index (κ3) is 36.4. The molecule has 3 aliphatic rings. The number of carbonyl (C=O) groups is 1. The molecule has 12 N–H and O–H groups in total. The molecule has 0 aromatic heterocycles. The van der Waals surface area contributed by atoms with Gasteiger partial charge in [-0.05, 0) is 38.5 Å². The van der Waals surface area contributed by atoms with Crippen molar-refractivity contribution in [3.63, 3.8) is 0 Å². The van der Waals surface area contributed by atoms with E-state index in [1.165, 1.54) is 238 Å². The Morgan fingerprint density at radius 3 is 1.05 bits per heavy atom. The van der Waals surface area contributed by atoms with Crippen molar-refractivity contribution in [2.75, 3.05) is 26.4 Å². The smallest absolute Gasteiger partial charge is 0.220 e. The fourth-order valence-electron chi connectivity index (χ4n) is 13.2. The molecule has 1 amide bonds. The molecule has 3 rings (SSSR count). The van der Waals surface area contributed by atoms with Crippen LogP contribution in [0.25, 0.3) is 0 Å². The average molecular weight is 1320 g/mol. The van der Waals surface area contributed by atoms with Crippen LogP contribution in [0.15, 0.2) is 12.2 Å². The van der Waals surface area contributed by atoms with Crippen molar-refractivity contribution in [1.29, 1.82) is 0 Å². The topological polar surface area (TPSA) is 307 Å². The largest absolute Gasteiger partial charge is 0.394 e.